The number of aldehydes is 1. The Kier molecular flexibility index (Phi) is 2.88. The van der Waals surface area contributed by atoms with Gasteiger partial charge in [-0.05, 0) is 48.1 Å². The van der Waals surface area contributed by atoms with Crippen molar-refractivity contribution in [2.75, 3.05) is 0 Å². The predicted molar refractivity (Wildman–Crippen MR) is 58.2 cm³/mol. The van der Waals surface area contributed by atoms with Gasteiger partial charge in [0.05, 0.1) is 0 Å². The van der Waals surface area contributed by atoms with E-state index in [9.17, 15) is 4.79 Å². The van der Waals surface area contributed by atoms with E-state index in [1.54, 1.807) is 0 Å². The van der Waals surface area contributed by atoms with Crippen LogP contribution in [0.4, 0.5) is 0 Å². The molecule has 1 aromatic rings. The quantitative estimate of drug-likeness (QED) is 0.598. The molecule has 12 heavy (non-hydrogen) atoms. The summed E-state index contributed by atoms with van der Waals surface area (Å²) in [4.78, 5) is 10.8. The van der Waals surface area contributed by atoms with Crippen LogP contribution in [0.1, 0.15) is 19.4 Å². The molecule has 0 radical (unpaired) electrons. The average Bonchev–Trinajstić information content (AvgIpc) is 2.05. The van der Waals surface area contributed by atoms with Crippen molar-refractivity contribution in [1.82, 2.24) is 0 Å². The monoisotopic (exact) mass is 274 g/mol. The van der Waals surface area contributed by atoms with Crippen molar-refractivity contribution in [3.8, 4) is 0 Å². The summed E-state index contributed by atoms with van der Waals surface area (Å²) in [7, 11) is 0. The van der Waals surface area contributed by atoms with E-state index < -0.39 is 0 Å². The van der Waals surface area contributed by atoms with E-state index in [1.165, 1.54) is 0 Å². The predicted octanol–water partition coefficient (Wildman–Crippen LogP) is 2.77. The topological polar surface area (TPSA) is 17.1 Å². The fourth-order valence-corrected chi connectivity index (χ4v) is 2.13. The van der Waals surface area contributed by atoms with Crippen LogP contribution in [-0.2, 0) is 10.2 Å². The Hall–Kier alpha value is -0.380. The number of rotatable bonds is 2. The van der Waals surface area contributed by atoms with Gasteiger partial charge in [-0.3, -0.25) is 0 Å². The highest BCUT2D eigenvalue weighted by Gasteiger charge is 2.21. The molecule has 0 unspecified atom stereocenters. The fraction of sp³-hybridized carbons (Fsp3) is 0.300. The van der Waals surface area contributed by atoms with Crippen LogP contribution in [-0.4, -0.2) is 6.29 Å². The van der Waals surface area contributed by atoms with E-state index in [0.717, 1.165) is 15.4 Å². The molecule has 0 fully saturated rings. The van der Waals surface area contributed by atoms with Crippen LogP contribution in [0.25, 0.3) is 0 Å². The number of hydrogen-bond donors (Lipinski definition) is 0. The normalized spacial score (nSPS) is 11.2. The molecule has 2 heteroatoms. The summed E-state index contributed by atoms with van der Waals surface area (Å²) in [6.45, 7) is 3.86. The van der Waals surface area contributed by atoms with Gasteiger partial charge in [0, 0.05) is 8.99 Å². The third-order valence-corrected chi connectivity index (χ3v) is 2.80. The molecule has 0 aliphatic rings. The highest BCUT2D eigenvalue weighted by atomic mass is 127. The van der Waals surface area contributed by atoms with Gasteiger partial charge in [-0.25, -0.2) is 0 Å². The first-order chi connectivity index (χ1) is 5.58. The van der Waals surface area contributed by atoms with E-state index in [0.29, 0.717) is 0 Å². The summed E-state index contributed by atoms with van der Waals surface area (Å²) >= 11 is 2.25. The van der Waals surface area contributed by atoms with Crippen molar-refractivity contribution >= 4 is 28.9 Å². The lowest BCUT2D eigenvalue weighted by atomic mass is 9.86. The first-order valence-electron chi connectivity index (χ1n) is 3.79. The van der Waals surface area contributed by atoms with Crippen LogP contribution in [0, 0.1) is 3.57 Å². The van der Waals surface area contributed by atoms with Crippen molar-refractivity contribution < 1.29 is 4.79 Å². The number of hydrogen-bond acceptors (Lipinski definition) is 1. The van der Waals surface area contributed by atoms with Gasteiger partial charge >= 0.3 is 0 Å². The molecule has 1 nitrogen and oxygen atoms in total. The largest absolute Gasteiger partial charge is 0.302 e. The molecule has 0 amide bonds. The lowest BCUT2D eigenvalue weighted by Crippen LogP contribution is -2.19. The highest BCUT2D eigenvalue weighted by molar-refractivity contribution is 14.1. The van der Waals surface area contributed by atoms with Gasteiger partial charge in [0.1, 0.15) is 6.29 Å². The second-order valence-corrected chi connectivity index (χ2v) is 4.48. The second-order valence-electron chi connectivity index (χ2n) is 3.32. The van der Waals surface area contributed by atoms with E-state index in [2.05, 4.69) is 22.6 Å². The van der Waals surface area contributed by atoms with Gasteiger partial charge in [0.15, 0.2) is 0 Å². The zero-order valence-electron chi connectivity index (χ0n) is 7.17. The Balaban J connectivity index is 3.19. The molecule has 1 rings (SSSR count). The zero-order chi connectivity index (χ0) is 9.19. The summed E-state index contributed by atoms with van der Waals surface area (Å²) in [5, 5.41) is 0. The van der Waals surface area contributed by atoms with Crippen molar-refractivity contribution in [2.45, 2.75) is 19.3 Å². The molecule has 0 atom stereocenters. The first-order valence-corrected chi connectivity index (χ1v) is 4.87. The summed E-state index contributed by atoms with van der Waals surface area (Å²) in [6.07, 6.45) is 0.991. The number of carbonyl (C=O) groups excluding carboxylic acids is 1. The second kappa shape index (κ2) is 3.56. The molecule has 0 heterocycles. The molecule has 1 aromatic carbocycles. The van der Waals surface area contributed by atoms with Crippen LogP contribution in [0.5, 0.6) is 0 Å². The van der Waals surface area contributed by atoms with Gasteiger partial charge in [-0.2, -0.15) is 0 Å². The Labute approximate surface area is 86.3 Å². The summed E-state index contributed by atoms with van der Waals surface area (Å²) in [5.41, 5.74) is 0.734. The van der Waals surface area contributed by atoms with Crippen molar-refractivity contribution in [3.63, 3.8) is 0 Å². The molecular weight excluding hydrogens is 263 g/mol. The minimum absolute atomic E-state index is 0.363. The molecule has 0 saturated heterocycles. The lowest BCUT2D eigenvalue weighted by Gasteiger charge is -2.18. The maximum Gasteiger partial charge on any atom is 0.130 e. The Morgan fingerprint density at radius 3 is 2.42 bits per heavy atom. The number of carbonyl (C=O) groups is 1. The van der Waals surface area contributed by atoms with Crippen LogP contribution in [0.3, 0.4) is 0 Å². The molecule has 0 aliphatic heterocycles. The van der Waals surface area contributed by atoms with Crippen LogP contribution in [0.2, 0.25) is 0 Å². The molecule has 64 valence electrons. The van der Waals surface area contributed by atoms with Gasteiger partial charge in [0.2, 0.25) is 0 Å². The van der Waals surface area contributed by atoms with Crippen molar-refractivity contribution in [2.24, 2.45) is 0 Å². The third kappa shape index (κ3) is 1.86. The zero-order valence-corrected chi connectivity index (χ0v) is 9.33. The first kappa shape index (κ1) is 9.71. The Morgan fingerprint density at radius 1 is 1.33 bits per heavy atom. The number of benzene rings is 1. The van der Waals surface area contributed by atoms with Gasteiger partial charge < -0.3 is 4.79 Å². The minimum atomic E-state index is -0.363. The van der Waals surface area contributed by atoms with Crippen LogP contribution < -0.4 is 0 Å². The van der Waals surface area contributed by atoms with E-state index in [-0.39, 0.29) is 5.41 Å². The molecule has 0 spiro atoms. The van der Waals surface area contributed by atoms with Crippen LogP contribution >= 0.6 is 22.6 Å². The fourth-order valence-electron chi connectivity index (χ4n) is 1.05. The van der Waals surface area contributed by atoms with Crippen molar-refractivity contribution in [1.29, 1.82) is 0 Å². The molecule has 0 saturated carbocycles. The van der Waals surface area contributed by atoms with Gasteiger partial charge in [0.25, 0.3) is 0 Å². The van der Waals surface area contributed by atoms with Gasteiger partial charge in [-0.1, -0.05) is 18.2 Å². The molecule has 0 aliphatic carbocycles. The standard InChI is InChI=1S/C10H11IO/c1-10(2,7-12)8-5-3-4-6-9(8)11/h3-7H,1-2H3. The average molecular weight is 274 g/mol. The third-order valence-electron chi connectivity index (χ3n) is 1.86. The van der Waals surface area contributed by atoms with Crippen LogP contribution in [0.15, 0.2) is 24.3 Å². The maximum atomic E-state index is 10.8. The molecular formula is C10H11IO. The van der Waals surface area contributed by atoms with Crippen molar-refractivity contribution in [3.05, 3.63) is 33.4 Å². The Bertz CT molecular complexity index is 292. The SMILES string of the molecule is CC(C)(C=O)c1ccccc1I. The molecule has 0 bridgehead atoms. The maximum absolute atomic E-state index is 10.8. The van der Waals surface area contributed by atoms with E-state index in [1.807, 2.05) is 38.1 Å². The summed E-state index contributed by atoms with van der Waals surface area (Å²) in [5.74, 6) is 0. The molecule has 0 N–H and O–H groups in total. The summed E-state index contributed by atoms with van der Waals surface area (Å²) in [6, 6.07) is 7.95. The van der Waals surface area contributed by atoms with E-state index >= 15 is 0 Å². The van der Waals surface area contributed by atoms with Gasteiger partial charge in [-0.15, -0.1) is 0 Å². The van der Waals surface area contributed by atoms with E-state index in [4.69, 9.17) is 0 Å². The smallest absolute Gasteiger partial charge is 0.130 e. The Morgan fingerprint density at radius 2 is 1.92 bits per heavy atom. The lowest BCUT2D eigenvalue weighted by molar-refractivity contribution is -0.111. The summed E-state index contributed by atoms with van der Waals surface area (Å²) < 4.78 is 1.15. The minimum Gasteiger partial charge on any atom is -0.302 e. The number of halogens is 1. The highest BCUT2D eigenvalue weighted by Crippen LogP contribution is 2.25. The molecule has 0 aromatic heterocycles.